The molecular formula is C49H90N2O27S5. The molecule has 0 aromatic heterocycles. The summed E-state index contributed by atoms with van der Waals surface area (Å²) >= 11 is 10.7. The van der Waals surface area contributed by atoms with E-state index in [1.807, 2.05) is 0 Å². The van der Waals surface area contributed by atoms with E-state index in [-0.39, 0.29) is 58.2 Å². The summed E-state index contributed by atoms with van der Waals surface area (Å²) in [5, 5.41) is 182. The summed E-state index contributed by atoms with van der Waals surface area (Å²) in [7, 11) is 1.39. The van der Waals surface area contributed by atoms with Crippen LogP contribution in [0.4, 0.5) is 0 Å². The van der Waals surface area contributed by atoms with Gasteiger partial charge in [0, 0.05) is 57.4 Å². The number of hydrogen-bond acceptors (Lipinski definition) is 32. The molecular weight excluding hydrogens is 1210 g/mol. The molecule has 488 valence electrons. The summed E-state index contributed by atoms with van der Waals surface area (Å²) in [6, 6.07) is 0. The van der Waals surface area contributed by atoms with Crippen LogP contribution in [0, 0.1) is 11.3 Å². The van der Waals surface area contributed by atoms with E-state index in [1.54, 1.807) is 18.7 Å². The average molecular weight is 1300 g/mol. The van der Waals surface area contributed by atoms with Gasteiger partial charge in [0.1, 0.15) is 120 Å². The Hall–Kier alpha value is 0.01000. The molecule has 0 spiro atoms. The fourth-order valence-electron chi connectivity index (χ4n) is 9.55. The predicted molar refractivity (Wildman–Crippen MR) is 303 cm³/mol. The fourth-order valence-corrected chi connectivity index (χ4v) is 14.0. The molecule has 5 heterocycles. The van der Waals surface area contributed by atoms with Gasteiger partial charge >= 0.3 is 0 Å². The van der Waals surface area contributed by atoms with Gasteiger partial charge in [-0.2, -0.15) is 11.8 Å². The second-order valence-electron chi connectivity index (χ2n) is 21.0. The first-order chi connectivity index (χ1) is 39.7. The molecule has 0 radical (unpaired) electrons. The van der Waals surface area contributed by atoms with Crippen molar-refractivity contribution in [2.45, 2.75) is 171 Å². The van der Waals surface area contributed by atoms with Crippen molar-refractivity contribution >= 4 is 64.4 Å². The molecule has 5 aliphatic rings. The highest BCUT2D eigenvalue weighted by molar-refractivity contribution is 8.00. The van der Waals surface area contributed by atoms with Crippen molar-refractivity contribution in [2.24, 2.45) is 11.3 Å². The van der Waals surface area contributed by atoms with Gasteiger partial charge in [-0.25, -0.2) is 0 Å². The lowest BCUT2D eigenvalue weighted by molar-refractivity contribution is -0.338. The highest BCUT2D eigenvalue weighted by Crippen LogP contribution is 2.35. The first kappa shape index (κ1) is 73.7. The van der Waals surface area contributed by atoms with Crippen LogP contribution in [-0.2, 0) is 47.4 Å². The van der Waals surface area contributed by atoms with E-state index in [0.29, 0.717) is 59.7 Å². The Bertz CT molecular complexity index is 1760. The van der Waals surface area contributed by atoms with Crippen molar-refractivity contribution in [3.8, 4) is 0 Å². The van der Waals surface area contributed by atoms with Crippen molar-refractivity contribution < 1.29 is 134 Å². The molecule has 25 atom stereocenters. The van der Waals surface area contributed by atoms with Crippen LogP contribution in [0.5, 0.6) is 0 Å². The molecule has 0 saturated carbocycles. The summed E-state index contributed by atoms with van der Waals surface area (Å²) in [6.45, 7) is 0.513. The maximum absolute atomic E-state index is 11.1. The summed E-state index contributed by atoms with van der Waals surface area (Å²) in [5.74, 6) is 1.84. The van der Waals surface area contributed by atoms with Gasteiger partial charge in [-0.3, -0.25) is 0 Å². The Labute approximate surface area is 504 Å². The smallest absolute Gasteiger partial charge is 0.187 e. The third kappa shape index (κ3) is 21.0. The summed E-state index contributed by atoms with van der Waals surface area (Å²) < 4.78 is 58.2. The molecule has 29 nitrogen and oxygen atoms in total. The maximum Gasteiger partial charge on any atom is 0.187 e. The third-order valence-electron chi connectivity index (χ3n) is 14.8. The lowest BCUT2D eigenvalue weighted by Crippen LogP contribution is -2.64. The van der Waals surface area contributed by atoms with Crippen LogP contribution in [-0.4, -0.2) is 352 Å². The molecule has 5 fully saturated rings. The van der Waals surface area contributed by atoms with Gasteiger partial charge < -0.3 is 145 Å². The molecule has 0 aromatic carbocycles. The minimum absolute atomic E-state index is 0.0375. The van der Waals surface area contributed by atoms with Crippen molar-refractivity contribution in [3.63, 3.8) is 0 Å². The zero-order valence-electron chi connectivity index (χ0n) is 46.3. The standard InChI is InChI=1S/C49H90N2O27S5/c1-23-28(74-43(69-2)37(64)29(23)56)18-80-13-6-50-48(79)51-19-49(20-70-7-3-10-81-45-39(66)34(61)31(58)25(15-53)75-45,21-71-8-4-11-82-46-40(67)35(62)32(59)26(16-54)76-46)22-72-9-5-12-83-47-41(68)36(63)42(27(17-55)77-47)78-44-38(65)33(60)30(57)24(14-52)73-44/h23-47,52-68H,3-22H2,1-2H3,(H2,50,51,79)/t23?,24?,25?,26?,27?,28?,29-,30-,31+,32+,33-,34-,35-,36+,37?,38?,39?,40?,41?,42+,43-,44-,45-,46-,47-,49?/m0/s1. The zero-order chi connectivity index (χ0) is 61.0. The maximum atomic E-state index is 11.1. The molecule has 34 heteroatoms. The quantitative estimate of drug-likeness (QED) is 0.0207. The lowest BCUT2D eigenvalue weighted by atomic mass is 9.90. The molecule has 5 saturated heterocycles. The Morgan fingerprint density at radius 3 is 1.34 bits per heavy atom. The first-order valence-corrected chi connectivity index (χ1v) is 32.3. The molecule has 0 amide bonds. The molecule has 0 bridgehead atoms. The third-order valence-corrected chi connectivity index (χ3v) is 19.8. The van der Waals surface area contributed by atoms with Gasteiger partial charge in [0.2, 0.25) is 0 Å². The Kier molecular flexibility index (Phi) is 33.2. The van der Waals surface area contributed by atoms with Crippen LogP contribution >= 0.6 is 59.3 Å². The Balaban J connectivity index is 1.20. The number of thioether (sulfide) groups is 4. The van der Waals surface area contributed by atoms with E-state index in [4.69, 9.17) is 59.6 Å². The normalized spacial score (nSPS) is 40.4. The Morgan fingerprint density at radius 1 is 0.470 bits per heavy atom. The SMILES string of the molecule is CO[C@H]1OC(CSCCNC(=S)NCC(COCCCS[C@@H]2OC(CO)[C@@H](O)[C@H](O)C2O)(COCCCS[C@@H]2OC(CO)[C@@H](O)[C@H](O)C2O)COCCCS[C@@H]2OC(CO)[C@@H](O[C@@H]3OC(CO)[C@H](O)[C@H](O)C3O)[C@H](O)C2O)C(C)[C@H](O)C1O. The van der Waals surface area contributed by atoms with Crippen LogP contribution < -0.4 is 10.6 Å². The summed E-state index contributed by atoms with van der Waals surface area (Å²) in [5.41, 5.74) is -3.88. The molecule has 83 heavy (non-hydrogen) atoms. The number of methoxy groups -OCH3 is 1. The number of ether oxygens (including phenoxy) is 10. The van der Waals surface area contributed by atoms with E-state index in [9.17, 15) is 86.8 Å². The fraction of sp³-hybridized carbons (Fsp3) is 0.980. The van der Waals surface area contributed by atoms with Gasteiger partial charge in [-0.15, -0.1) is 35.3 Å². The van der Waals surface area contributed by atoms with Crippen molar-refractivity contribution in [3.05, 3.63) is 0 Å². The topological polar surface area (TPSA) is 460 Å². The summed E-state index contributed by atoms with van der Waals surface area (Å²) in [4.78, 5) is 0. The number of thiocarbonyl (C=S) groups is 1. The van der Waals surface area contributed by atoms with Crippen LogP contribution in [0.15, 0.2) is 0 Å². The zero-order valence-corrected chi connectivity index (χ0v) is 50.4. The number of rotatable bonds is 35. The molecule has 11 unspecified atom stereocenters. The van der Waals surface area contributed by atoms with Gasteiger partial charge in [-0.05, 0) is 48.7 Å². The van der Waals surface area contributed by atoms with E-state index < -0.39 is 171 Å². The van der Waals surface area contributed by atoms with Gasteiger partial charge in [0.05, 0.1) is 63.9 Å². The van der Waals surface area contributed by atoms with Crippen LogP contribution in [0.3, 0.4) is 0 Å². The monoisotopic (exact) mass is 1300 g/mol. The second-order valence-corrected chi connectivity index (χ2v) is 26.2. The molecule has 5 aliphatic heterocycles. The first-order valence-electron chi connectivity index (χ1n) is 27.6. The van der Waals surface area contributed by atoms with E-state index >= 15 is 0 Å². The average Bonchev–Trinajstić information content (AvgIpc) is 3.61. The molecule has 0 aliphatic carbocycles. The van der Waals surface area contributed by atoms with E-state index in [2.05, 4.69) is 10.6 Å². The van der Waals surface area contributed by atoms with Crippen molar-refractivity contribution in [1.82, 2.24) is 10.6 Å². The van der Waals surface area contributed by atoms with E-state index in [1.165, 1.54) is 30.6 Å². The van der Waals surface area contributed by atoms with Crippen molar-refractivity contribution in [1.29, 1.82) is 0 Å². The van der Waals surface area contributed by atoms with Crippen LogP contribution in [0.25, 0.3) is 0 Å². The van der Waals surface area contributed by atoms with E-state index in [0.717, 1.165) is 11.8 Å². The minimum atomic E-state index is -1.81. The van der Waals surface area contributed by atoms with Gasteiger partial charge in [0.25, 0.3) is 0 Å². The lowest BCUT2D eigenvalue weighted by Gasteiger charge is -2.46. The number of aliphatic hydroxyl groups excluding tert-OH is 17. The molecule has 5 rings (SSSR count). The highest BCUT2D eigenvalue weighted by Gasteiger charge is 2.51. The number of hydrogen-bond donors (Lipinski definition) is 19. The van der Waals surface area contributed by atoms with Crippen LogP contribution in [0.1, 0.15) is 26.2 Å². The predicted octanol–water partition coefficient (Wildman–Crippen LogP) is -7.46. The molecule has 19 N–H and O–H groups in total. The number of aliphatic hydroxyl groups is 17. The van der Waals surface area contributed by atoms with Gasteiger partial charge in [0.15, 0.2) is 17.7 Å². The van der Waals surface area contributed by atoms with Gasteiger partial charge in [-0.1, -0.05) is 6.92 Å². The highest BCUT2D eigenvalue weighted by atomic mass is 32.2. The molecule has 0 aromatic rings. The summed E-state index contributed by atoms with van der Waals surface area (Å²) in [6.07, 6.45) is -27.5. The Morgan fingerprint density at radius 2 is 0.880 bits per heavy atom. The van der Waals surface area contributed by atoms with Crippen LogP contribution in [0.2, 0.25) is 0 Å². The minimum Gasteiger partial charge on any atom is -0.394 e. The number of nitrogens with one attached hydrogen (secondary N) is 2. The van der Waals surface area contributed by atoms with Crippen molar-refractivity contribution in [2.75, 3.05) is 115 Å². The second kappa shape index (κ2) is 37.4. The largest absolute Gasteiger partial charge is 0.394 e.